The molecule has 132 valence electrons. The Bertz CT molecular complexity index is 683. The van der Waals surface area contributed by atoms with Crippen molar-refractivity contribution in [1.29, 1.82) is 0 Å². The summed E-state index contributed by atoms with van der Waals surface area (Å²) in [5.74, 6) is 0.668. The first kappa shape index (κ1) is 18.3. The number of nitrogens with zero attached hydrogens (tertiary/aromatic N) is 3. The smallest absolute Gasteiger partial charge is 0.243 e. The number of para-hydroxylation sites is 2. The summed E-state index contributed by atoms with van der Waals surface area (Å²) in [7, 11) is 0. The van der Waals surface area contributed by atoms with E-state index in [0.29, 0.717) is 12.5 Å². The van der Waals surface area contributed by atoms with Crippen LogP contribution in [0.15, 0.2) is 24.3 Å². The average Bonchev–Trinajstić information content (AvgIpc) is 2.82. The lowest BCUT2D eigenvalue weighted by molar-refractivity contribution is -0.135. The fourth-order valence-corrected chi connectivity index (χ4v) is 3.00. The minimum atomic E-state index is -0.489. The lowest BCUT2D eigenvalue weighted by atomic mass is 10.2. The number of rotatable bonds is 7. The van der Waals surface area contributed by atoms with Crippen LogP contribution in [0.1, 0.15) is 34.6 Å². The number of anilines is 1. The minimum Gasteiger partial charge on any atom is -0.392 e. The molecule has 1 aromatic heterocycles. The van der Waals surface area contributed by atoms with E-state index in [0.717, 1.165) is 11.0 Å². The normalized spacial score (nSPS) is 12.8. The standard InChI is InChI=1S/C18H28N4O2/c1-12(2)22(13(3)4)17(24)11-21-16-9-7-6-8-15(16)20-18(21)19-10-14(5)23/h6-9,12-14,23H,10-11H2,1-5H3,(H,19,20). The van der Waals surface area contributed by atoms with Gasteiger partial charge in [0.05, 0.1) is 17.1 Å². The second-order valence-electron chi connectivity index (χ2n) is 6.73. The van der Waals surface area contributed by atoms with Gasteiger partial charge in [0.1, 0.15) is 6.54 Å². The van der Waals surface area contributed by atoms with E-state index in [2.05, 4.69) is 10.3 Å². The van der Waals surface area contributed by atoms with E-state index in [-0.39, 0.29) is 24.5 Å². The highest BCUT2D eigenvalue weighted by Gasteiger charge is 2.22. The van der Waals surface area contributed by atoms with Gasteiger partial charge in [-0.15, -0.1) is 0 Å². The molecular formula is C18H28N4O2. The maximum atomic E-state index is 12.8. The topological polar surface area (TPSA) is 70.4 Å². The van der Waals surface area contributed by atoms with Crippen molar-refractivity contribution in [2.45, 2.75) is 59.4 Å². The van der Waals surface area contributed by atoms with E-state index in [1.165, 1.54) is 0 Å². The zero-order valence-electron chi connectivity index (χ0n) is 15.2. The third kappa shape index (κ3) is 4.06. The first-order chi connectivity index (χ1) is 11.3. The van der Waals surface area contributed by atoms with Crippen LogP contribution in [0.4, 0.5) is 5.95 Å². The molecule has 6 heteroatoms. The second-order valence-corrected chi connectivity index (χ2v) is 6.73. The van der Waals surface area contributed by atoms with Gasteiger partial charge in [-0.25, -0.2) is 4.98 Å². The molecule has 1 atom stereocenters. The third-order valence-electron chi connectivity index (χ3n) is 3.90. The molecule has 0 aliphatic carbocycles. The number of aromatic nitrogens is 2. The SMILES string of the molecule is CC(O)CNc1nc2ccccc2n1CC(=O)N(C(C)C)C(C)C. The molecule has 2 rings (SSSR count). The summed E-state index contributed by atoms with van der Waals surface area (Å²) in [5.41, 5.74) is 1.74. The monoisotopic (exact) mass is 332 g/mol. The Kier molecular flexibility index (Phi) is 5.83. The Morgan fingerprint density at radius 2 is 1.83 bits per heavy atom. The van der Waals surface area contributed by atoms with Gasteiger partial charge < -0.3 is 19.9 Å². The fourth-order valence-electron chi connectivity index (χ4n) is 3.00. The van der Waals surface area contributed by atoms with Gasteiger partial charge in [-0.3, -0.25) is 4.79 Å². The molecule has 1 amide bonds. The molecule has 0 saturated carbocycles. The van der Waals surface area contributed by atoms with Gasteiger partial charge in [0.2, 0.25) is 11.9 Å². The number of hydrogen-bond donors (Lipinski definition) is 2. The molecule has 24 heavy (non-hydrogen) atoms. The number of hydrogen-bond acceptors (Lipinski definition) is 4. The van der Waals surface area contributed by atoms with Crippen LogP contribution in [0.25, 0.3) is 11.0 Å². The van der Waals surface area contributed by atoms with Crippen LogP contribution in [0.2, 0.25) is 0 Å². The fraction of sp³-hybridized carbons (Fsp3) is 0.556. The molecule has 2 aromatic rings. The highest BCUT2D eigenvalue weighted by molar-refractivity contribution is 5.83. The molecule has 0 radical (unpaired) electrons. The maximum absolute atomic E-state index is 12.8. The molecular weight excluding hydrogens is 304 g/mol. The van der Waals surface area contributed by atoms with Gasteiger partial charge in [-0.05, 0) is 46.8 Å². The summed E-state index contributed by atoms with van der Waals surface area (Å²) in [6.07, 6.45) is -0.489. The van der Waals surface area contributed by atoms with Crippen molar-refractivity contribution in [1.82, 2.24) is 14.5 Å². The first-order valence-corrected chi connectivity index (χ1v) is 8.49. The Hall–Kier alpha value is -2.08. The number of nitrogens with one attached hydrogen (secondary N) is 1. The Morgan fingerprint density at radius 3 is 2.42 bits per heavy atom. The molecule has 0 spiro atoms. The van der Waals surface area contributed by atoms with Gasteiger partial charge in [0.25, 0.3) is 0 Å². The van der Waals surface area contributed by atoms with E-state index in [4.69, 9.17) is 0 Å². The van der Waals surface area contributed by atoms with Gasteiger partial charge in [0, 0.05) is 18.6 Å². The number of fused-ring (bicyclic) bond motifs is 1. The molecule has 1 heterocycles. The van der Waals surface area contributed by atoms with E-state index >= 15 is 0 Å². The molecule has 0 saturated heterocycles. The minimum absolute atomic E-state index is 0.0586. The Labute approximate surface area is 143 Å². The molecule has 1 aromatic carbocycles. The summed E-state index contributed by atoms with van der Waals surface area (Å²) < 4.78 is 1.89. The van der Waals surface area contributed by atoms with Crippen molar-refractivity contribution in [2.24, 2.45) is 0 Å². The highest BCUT2D eigenvalue weighted by atomic mass is 16.3. The van der Waals surface area contributed by atoms with Crippen molar-refractivity contribution in [3.05, 3.63) is 24.3 Å². The quantitative estimate of drug-likeness (QED) is 0.817. The largest absolute Gasteiger partial charge is 0.392 e. The van der Waals surface area contributed by atoms with Crippen molar-refractivity contribution in [2.75, 3.05) is 11.9 Å². The van der Waals surface area contributed by atoms with Crippen LogP contribution in [0.3, 0.4) is 0 Å². The third-order valence-corrected chi connectivity index (χ3v) is 3.90. The number of aliphatic hydroxyl groups is 1. The summed E-state index contributed by atoms with van der Waals surface area (Å²) in [5, 5.41) is 12.7. The molecule has 1 unspecified atom stereocenters. The predicted octanol–water partition coefficient (Wildman–Crippen LogP) is 2.47. The second kappa shape index (κ2) is 7.66. The zero-order chi connectivity index (χ0) is 17.9. The Morgan fingerprint density at radius 1 is 1.21 bits per heavy atom. The number of benzene rings is 1. The maximum Gasteiger partial charge on any atom is 0.243 e. The van der Waals surface area contributed by atoms with Crippen LogP contribution in [-0.4, -0.2) is 50.2 Å². The van der Waals surface area contributed by atoms with Gasteiger partial charge in [0.15, 0.2) is 0 Å². The lowest BCUT2D eigenvalue weighted by Crippen LogP contribution is -2.43. The van der Waals surface area contributed by atoms with Crippen molar-refractivity contribution >= 4 is 22.9 Å². The number of carbonyl (C=O) groups is 1. The number of imidazole rings is 1. The van der Waals surface area contributed by atoms with Crippen molar-refractivity contribution in [3.8, 4) is 0 Å². The van der Waals surface area contributed by atoms with Gasteiger partial charge in [-0.1, -0.05) is 12.1 Å². The Balaban J connectivity index is 2.35. The lowest BCUT2D eigenvalue weighted by Gasteiger charge is -2.31. The number of aliphatic hydroxyl groups excluding tert-OH is 1. The van der Waals surface area contributed by atoms with E-state index in [9.17, 15) is 9.90 Å². The van der Waals surface area contributed by atoms with Crippen LogP contribution in [0.5, 0.6) is 0 Å². The first-order valence-electron chi connectivity index (χ1n) is 8.49. The highest BCUT2D eigenvalue weighted by Crippen LogP contribution is 2.20. The van der Waals surface area contributed by atoms with Crippen LogP contribution >= 0.6 is 0 Å². The van der Waals surface area contributed by atoms with Crippen molar-refractivity contribution < 1.29 is 9.90 Å². The number of carbonyl (C=O) groups excluding carboxylic acids is 1. The molecule has 0 aliphatic heterocycles. The molecule has 0 fully saturated rings. The van der Waals surface area contributed by atoms with E-state index < -0.39 is 6.10 Å². The van der Waals surface area contributed by atoms with Gasteiger partial charge in [-0.2, -0.15) is 0 Å². The molecule has 6 nitrogen and oxygen atoms in total. The summed E-state index contributed by atoms with van der Waals surface area (Å²) >= 11 is 0. The van der Waals surface area contributed by atoms with E-state index in [1.54, 1.807) is 6.92 Å². The van der Waals surface area contributed by atoms with Crippen LogP contribution in [-0.2, 0) is 11.3 Å². The summed E-state index contributed by atoms with van der Waals surface area (Å²) in [6.45, 7) is 10.4. The van der Waals surface area contributed by atoms with Gasteiger partial charge >= 0.3 is 0 Å². The zero-order valence-corrected chi connectivity index (χ0v) is 15.2. The number of amides is 1. The molecule has 2 N–H and O–H groups in total. The van der Waals surface area contributed by atoms with E-state index in [1.807, 2.05) is 61.4 Å². The summed E-state index contributed by atoms with van der Waals surface area (Å²) in [4.78, 5) is 19.3. The predicted molar refractivity (Wildman–Crippen MR) is 97.0 cm³/mol. The molecule has 0 aliphatic rings. The molecule has 0 bridgehead atoms. The van der Waals surface area contributed by atoms with Crippen molar-refractivity contribution in [3.63, 3.8) is 0 Å². The van der Waals surface area contributed by atoms with Crippen LogP contribution in [0, 0.1) is 0 Å². The average molecular weight is 332 g/mol. The summed E-state index contributed by atoms with van der Waals surface area (Å²) in [6, 6.07) is 8.02. The van der Waals surface area contributed by atoms with Crippen LogP contribution < -0.4 is 5.32 Å².